The summed E-state index contributed by atoms with van der Waals surface area (Å²) in [7, 11) is 0. The molecule has 0 atom stereocenters. The van der Waals surface area contributed by atoms with E-state index < -0.39 is 11.7 Å². The quantitative estimate of drug-likeness (QED) is 0.692. The molecule has 3 rings (SSSR count). The molecule has 0 fully saturated rings. The molecule has 122 valence electrons. The summed E-state index contributed by atoms with van der Waals surface area (Å²) in [5.74, 6) is -0.447. The van der Waals surface area contributed by atoms with Crippen LogP contribution in [0.25, 0.3) is 0 Å². The van der Waals surface area contributed by atoms with Crippen LogP contribution in [0.2, 0.25) is 0 Å². The molecular formula is C16H12F2N4OS. The molecule has 1 amide bonds. The highest BCUT2D eigenvalue weighted by Gasteiger charge is 2.10. The van der Waals surface area contributed by atoms with Gasteiger partial charge in [0.2, 0.25) is 11.1 Å². The average molecular weight is 346 g/mol. The van der Waals surface area contributed by atoms with Crippen LogP contribution in [-0.2, 0) is 5.75 Å². The lowest BCUT2D eigenvalue weighted by Crippen LogP contribution is -2.12. The third-order valence-corrected chi connectivity index (χ3v) is 3.98. The van der Waals surface area contributed by atoms with E-state index >= 15 is 0 Å². The van der Waals surface area contributed by atoms with Crippen molar-refractivity contribution in [1.29, 1.82) is 0 Å². The number of aromatic nitrogens is 3. The molecule has 5 nitrogen and oxygen atoms in total. The Bertz CT molecular complexity index is 851. The first-order valence-corrected chi connectivity index (χ1v) is 7.95. The summed E-state index contributed by atoms with van der Waals surface area (Å²) in [5, 5.41) is 9.54. The maximum absolute atomic E-state index is 13.1. The Morgan fingerprint density at radius 1 is 1.12 bits per heavy atom. The number of thioether (sulfide) groups is 1. The van der Waals surface area contributed by atoms with Crippen molar-refractivity contribution in [2.45, 2.75) is 10.9 Å². The van der Waals surface area contributed by atoms with Crippen LogP contribution in [0, 0.1) is 11.6 Å². The summed E-state index contributed by atoms with van der Waals surface area (Å²) in [5.41, 5.74) is 1.11. The van der Waals surface area contributed by atoms with Crippen molar-refractivity contribution < 1.29 is 13.6 Å². The van der Waals surface area contributed by atoms with Crippen LogP contribution in [0.4, 0.5) is 14.7 Å². The van der Waals surface area contributed by atoms with Gasteiger partial charge in [-0.15, -0.1) is 5.10 Å². The lowest BCUT2D eigenvalue weighted by Gasteiger charge is -2.01. The normalized spacial score (nSPS) is 10.6. The number of H-pyrrole nitrogens is 1. The van der Waals surface area contributed by atoms with Crippen LogP contribution in [0.3, 0.4) is 0 Å². The summed E-state index contributed by atoms with van der Waals surface area (Å²) >= 11 is 1.31. The Labute approximate surface area is 140 Å². The fourth-order valence-electron chi connectivity index (χ4n) is 1.92. The zero-order valence-corrected chi connectivity index (χ0v) is 13.1. The standard InChI is InChI=1S/C16H12F2N4OS/c17-12-6-4-11(5-7-12)14(23)19-15-20-16(22-21-15)24-9-10-2-1-3-13(18)8-10/h1-8H,9H2,(H2,19,20,21,22,23). The van der Waals surface area contributed by atoms with Crippen molar-refractivity contribution in [3.8, 4) is 0 Å². The van der Waals surface area contributed by atoms with Crippen LogP contribution in [0.15, 0.2) is 53.7 Å². The van der Waals surface area contributed by atoms with Crippen LogP contribution in [-0.4, -0.2) is 21.1 Å². The number of benzene rings is 2. The van der Waals surface area contributed by atoms with Gasteiger partial charge in [0.05, 0.1) is 0 Å². The van der Waals surface area contributed by atoms with Gasteiger partial charge in [0.25, 0.3) is 5.91 Å². The predicted molar refractivity (Wildman–Crippen MR) is 86.7 cm³/mol. The van der Waals surface area contributed by atoms with Crippen molar-refractivity contribution in [1.82, 2.24) is 15.2 Å². The Balaban J connectivity index is 1.59. The lowest BCUT2D eigenvalue weighted by molar-refractivity contribution is 0.102. The molecule has 1 heterocycles. The van der Waals surface area contributed by atoms with E-state index in [2.05, 4.69) is 20.5 Å². The smallest absolute Gasteiger partial charge is 0.258 e. The molecule has 0 radical (unpaired) electrons. The second kappa shape index (κ2) is 7.22. The monoisotopic (exact) mass is 346 g/mol. The number of aromatic amines is 1. The molecule has 0 bridgehead atoms. The predicted octanol–water partition coefficient (Wildman–Crippen LogP) is 3.63. The van der Waals surface area contributed by atoms with Gasteiger partial charge >= 0.3 is 0 Å². The number of halogens is 2. The van der Waals surface area contributed by atoms with E-state index in [-0.39, 0.29) is 11.8 Å². The van der Waals surface area contributed by atoms with E-state index in [1.807, 2.05) is 0 Å². The number of hydrogen-bond donors (Lipinski definition) is 2. The highest BCUT2D eigenvalue weighted by molar-refractivity contribution is 7.98. The van der Waals surface area contributed by atoms with E-state index in [9.17, 15) is 13.6 Å². The van der Waals surface area contributed by atoms with Gasteiger partial charge in [0, 0.05) is 11.3 Å². The number of amides is 1. The molecule has 1 aromatic heterocycles. The summed E-state index contributed by atoms with van der Waals surface area (Å²) < 4.78 is 26.0. The first-order chi connectivity index (χ1) is 11.6. The molecular weight excluding hydrogens is 334 g/mol. The van der Waals surface area contributed by atoms with E-state index in [0.717, 1.165) is 5.56 Å². The SMILES string of the molecule is O=C(Nc1nc(SCc2cccc(F)c2)n[nH]1)c1ccc(F)cc1. The van der Waals surface area contributed by atoms with E-state index in [1.54, 1.807) is 12.1 Å². The van der Waals surface area contributed by atoms with E-state index in [4.69, 9.17) is 0 Å². The summed E-state index contributed by atoms with van der Waals surface area (Å²) in [6.07, 6.45) is 0. The highest BCUT2D eigenvalue weighted by atomic mass is 32.2. The van der Waals surface area contributed by atoms with Crippen molar-refractivity contribution in [2.24, 2.45) is 0 Å². The second-order valence-electron chi connectivity index (χ2n) is 4.85. The number of hydrogen-bond acceptors (Lipinski definition) is 4. The Morgan fingerprint density at radius 3 is 2.67 bits per heavy atom. The van der Waals surface area contributed by atoms with Gasteiger partial charge in [0.1, 0.15) is 11.6 Å². The maximum Gasteiger partial charge on any atom is 0.258 e. The number of carbonyl (C=O) groups is 1. The van der Waals surface area contributed by atoms with E-state index in [1.165, 1.54) is 48.2 Å². The Kier molecular flexibility index (Phi) is 4.85. The molecule has 0 unspecified atom stereocenters. The first-order valence-electron chi connectivity index (χ1n) is 6.97. The topological polar surface area (TPSA) is 70.7 Å². The third-order valence-electron chi connectivity index (χ3n) is 3.06. The highest BCUT2D eigenvalue weighted by Crippen LogP contribution is 2.20. The lowest BCUT2D eigenvalue weighted by atomic mass is 10.2. The molecule has 2 N–H and O–H groups in total. The second-order valence-corrected chi connectivity index (χ2v) is 5.79. The van der Waals surface area contributed by atoms with Crippen molar-refractivity contribution in [3.05, 3.63) is 71.3 Å². The Hall–Kier alpha value is -2.74. The van der Waals surface area contributed by atoms with Gasteiger partial charge in [-0.05, 0) is 42.0 Å². The van der Waals surface area contributed by atoms with Crippen molar-refractivity contribution >= 4 is 23.6 Å². The number of rotatable bonds is 5. The molecule has 0 spiro atoms. The van der Waals surface area contributed by atoms with Crippen molar-refractivity contribution in [3.63, 3.8) is 0 Å². The van der Waals surface area contributed by atoms with E-state index in [0.29, 0.717) is 16.5 Å². The van der Waals surface area contributed by atoms with Crippen LogP contribution >= 0.6 is 11.8 Å². The number of carbonyl (C=O) groups excluding carboxylic acids is 1. The summed E-state index contributed by atoms with van der Waals surface area (Å²) in [6.45, 7) is 0. The molecule has 0 saturated heterocycles. The fourth-order valence-corrected chi connectivity index (χ4v) is 2.66. The van der Waals surface area contributed by atoms with Gasteiger partial charge < -0.3 is 0 Å². The molecule has 24 heavy (non-hydrogen) atoms. The van der Waals surface area contributed by atoms with Gasteiger partial charge in [-0.25, -0.2) is 13.9 Å². The van der Waals surface area contributed by atoms with Crippen molar-refractivity contribution in [2.75, 3.05) is 5.32 Å². The third kappa shape index (κ3) is 4.17. The minimum atomic E-state index is -0.423. The molecule has 0 saturated carbocycles. The molecule has 0 aliphatic carbocycles. The van der Waals surface area contributed by atoms with Crippen LogP contribution < -0.4 is 5.32 Å². The Morgan fingerprint density at radius 2 is 1.92 bits per heavy atom. The van der Waals surface area contributed by atoms with Gasteiger partial charge in [-0.1, -0.05) is 23.9 Å². The fraction of sp³-hybridized carbons (Fsp3) is 0.0625. The average Bonchev–Trinajstić information content (AvgIpc) is 3.01. The number of nitrogens with zero attached hydrogens (tertiary/aromatic N) is 2. The van der Waals surface area contributed by atoms with Crippen LogP contribution in [0.1, 0.15) is 15.9 Å². The minimum absolute atomic E-state index is 0.186. The molecule has 3 aromatic rings. The molecule has 8 heteroatoms. The van der Waals surface area contributed by atoms with Gasteiger partial charge in [0.15, 0.2) is 0 Å². The minimum Gasteiger partial charge on any atom is -0.291 e. The zero-order chi connectivity index (χ0) is 16.9. The van der Waals surface area contributed by atoms with Crippen LogP contribution in [0.5, 0.6) is 0 Å². The summed E-state index contributed by atoms with van der Waals surface area (Å²) in [4.78, 5) is 16.1. The molecule has 0 aliphatic heterocycles. The van der Waals surface area contributed by atoms with Gasteiger partial charge in [-0.3, -0.25) is 10.1 Å². The maximum atomic E-state index is 13.1. The molecule has 0 aliphatic rings. The van der Waals surface area contributed by atoms with Gasteiger partial charge in [-0.2, -0.15) is 4.98 Å². The first kappa shape index (κ1) is 16.1. The molecule has 2 aromatic carbocycles. The largest absolute Gasteiger partial charge is 0.291 e. The summed E-state index contributed by atoms with van der Waals surface area (Å²) in [6, 6.07) is 11.4. The number of anilines is 1. The zero-order valence-electron chi connectivity index (χ0n) is 12.3. The number of nitrogens with one attached hydrogen (secondary N) is 2.